The number of carbonyl (C=O) groups is 2. The lowest BCUT2D eigenvalue weighted by Crippen LogP contribution is -2.37. The molecule has 0 fully saturated rings. The minimum atomic E-state index is -0.370. The van der Waals surface area contributed by atoms with Crippen molar-refractivity contribution in [2.24, 2.45) is 11.1 Å². The molecule has 0 unspecified atom stereocenters. The molecule has 0 saturated heterocycles. The van der Waals surface area contributed by atoms with E-state index in [4.69, 9.17) is 18.0 Å². The summed E-state index contributed by atoms with van der Waals surface area (Å²) in [5.74, 6) is -0.473. The number of carbonyl (C=O) groups excluding carboxylic acids is 2. The van der Waals surface area contributed by atoms with Crippen LogP contribution in [0.15, 0.2) is 24.3 Å². The summed E-state index contributed by atoms with van der Waals surface area (Å²) < 4.78 is 0. The number of benzene rings is 1. The molecule has 2 amide bonds. The van der Waals surface area contributed by atoms with Crippen molar-refractivity contribution in [2.75, 3.05) is 6.54 Å². The van der Waals surface area contributed by atoms with Crippen LogP contribution in [0.1, 0.15) is 41.0 Å². The molecule has 100 valence electrons. The molecule has 0 aliphatic carbocycles. The number of hydrogen-bond acceptors (Lipinski definition) is 3. The molecule has 1 aromatic rings. The molecule has 2 N–H and O–H groups in total. The predicted octanol–water partition coefficient (Wildman–Crippen LogP) is 1.98. The summed E-state index contributed by atoms with van der Waals surface area (Å²) >= 11 is 4.99. The first-order chi connectivity index (χ1) is 8.84. The van der Waals surface area contributed by atoms with E-state index in [-0.39, 0.29) is 17.2 Å². The van der Waals surface area contributed by atoms with Crippen LogP contribution in [0.4, 0.5) is 0 Å². The van der Waals surface area contributed by atoms with Gasteiger partial charge in [0.2, 0.25) is 0 Å². The third-order valence-electron chi connectivity index (χ3n) is 3.51. The molecule has 2 rings (SSSR count). The fourth-order valence-electron chi connectivity index (χ4n) is 1.96. The summed E-state index contributed by atoms with van der Waals surface area (Å²) in [7, 11) is 0. The van der Waals surface area contributed by atoms with E-state index in [2.05, 4.69) is 0 Å². The van der Waals surface area contributed by atoms with E-state index < -0.39 is 0 Å². The largest absolute Gasteiger partial charge is 0.393 e. The molecule has 5 heteroatoms. The lowest BCUT2D eigenvalue weighted by Gasteiger charge is -2.25. The Morgan fingerprint density at radius 2 is 1.68 bits per heavy atom. The molecule has 0 radical (unpaired) electrons. The summed E-state index contributed by atoms with van der Waals surface area (Å²) in [5.41, 5.74) is 6.23. The lowest BCUT2D eigenvalue weighted by atomic mass is 9.89. The molecular weight excluding hydrogens is 260 g/mol. The van der Waals surface area contributed by atoms with Crippen molar-refractivity contribution in [1.29, 1.82) is 0 Å². The van der Waals surface area contributed by atoms with E-state index in [1.54, 1.807) is 24.3 Å². The van der Waals surface area contributed by atoms with Crippen LogP contribution in [0.5, 0.6) is 0 Å². The monoisotopic (exact) mass is 276 g/mol. The average Bonchev–Trinajstić information content (AvgIpc) is 2.60. The maximum atomic E-state index is 12.1. The standard InChI is InChI=1S/C14H16N2O2S/c1-14(2,13(15)19)7-8-16-11(17)9-5-3-4-6-10(9)12(16)18/h3-6H,7-8H2,1-2H3,(H2,15,19). The fourth-order valence-corrected chi connectivity index (χ4v) is 2.06. The SMILES string of the molecule is CC(C)(CCN1C(=O)c2ccccc2C1=O)C(N)=S. The maximum Gasteiger partial charge on any atom is 0.261 e. The van der Waals surface area contributed by atoms with Crippen LogP contribution in [0.25, 0.3) is 0 Å². The second-order valence-electron chi connectivity index (χ2n) is 5.31. The highest BCUT2D eigenvalue weighted by Crippen LogP contribution is 2.26. The molecule has 1 aliphatic rings. The molecule has 4 nitrogen and oxygen atoms in total. The number of nitrogens with two attached hydrogens (primary N) is 1. The third-order valence-corrected chi connectivity index (χ3v) is 4.06. The second kappa shape index (κ2) is 4.74. The van der Waals surface area contributed by atoms with Gasteiger partial charge in [-0.15, -0.1) is 0 Å². The number of thiocarbonyl (C=S) groups is 1. The van der Waals surface area contributed by atoms with Gasteiger partial charge >= 0.3 is 0 Å². The van der Waals surface area contributed by atoms with Crippen molar-refractivity contribution >= 4 is 29.0 Å². The number of hydrogen-bond donors (Lipinski definition) is 1. The Hall–Kier alpha value is -1.75. The van der Waals surface area contributed by atoms with Crippen LogP contribution in [0, 0.1) is 5.41 Å². The van der Waals surface area contributed by atoms with E-state index in [1.165, 1.54) is 4.90 Å². The van der Waals surface area contributed by atoms with Crippen LogP contribution in [0.2, 0.25) is 0 Å². The van der Waals surface area contributed by atoms with Gasteiger partial charge in [-0.05, 0) is 18.6 Å². The molecule has 1 heterocycles. The van der Waals surface area contributed by atoms with Crippen molar-refractivity contribution < 1.29 is 9.59 Å². The fraction of sp³-hybridized carbons (Fsp3) is 0.357. The highest BCUT2D eigenvalue weighted by atomic mass is 32.1. The van der Waals surface area contributed by atoms with Gasteiger partial charge in [0.15, 0.2) is 0 Å². The molecule has 1 aromatic carbocycles. The first kappa shape index (κ1) is 13.7. The second-order valence-corrected chi connectivity index (χ2v) is 5.75. The Balaban J connectivity index is 2.15. The van der Waals surface area contributed by atoms with Crippen LogP contribution >= 0.6 is 12.2 Å². The van der Waals surface area contributed by atoms with Crippen LogP contribution in [-0.4, -0.2) is 28.2 Å². The molecule has 0 aromatic heterocycles. The Labute approximate surface area is 117 Å². The van der Waals surface area contributed by atoms with Crippen molar-refractivity contribution in [2.45, 2.75) is 20.3 Å². The third kappa shape index (κ3) is 2.38. The Bertz CT molecular complexity index is 531. The highest BCUT2D eigenvalue weighted by molar-refractivity contribution is 7.80. The minimum Gasteiger partial charge on any atom is -0.393 e. The van der Waals surface area contributed by atoms with Gasteiger partial charge in [-0.2, -0.15) is 0 Å². The van der Waals surface area contributed by atoms with Crippen molar-refractivity contribution in [3.05, 3.63) is 35.4 Å². The lowest BCUT2D eigenvalue weighted by molar-refractivity contribution is 0.0644. The first-order valence-electron chi connectivity index (χ1n) is 6.10. The zero-order valence-electron chi connectivity index (χ0n) is 11.0. The first-order valence-corrected chi connectivity index (χ1v) is 6.50. The predicted molar refractivity (Wildman–Crippen MR) is 77.0 cm³/mol. The highest BCUT2D eigenvalue weighted by Gasteiger charge is 2.36. The Kier molecular flexibility index (Phi) is 3.41. The number of amides is 2. The summed E-state index contributed by atoms with van der Waals surface area (Å²) in [6, 6.07) is 6.86. The summed E-state index contributed by atoms with van der Waals surface area (Å²) in [4.78, 5) is 25.9. The summed E-state index contributed by atoms with van der Waals surface area (Å²) in [6.07, 6.45) is 0.563. The number of fused-ring (bicyclic) bond motifs is 1. The summed E-state index contributed by atoms with van der Waals surface area (Å²) in [6.45, 7) is 4.15. The molecule has 0 saturated carbocycles. The zero-order valence-corrected chi connectivity index (χ0v) is 11.8. The van der Waals surface area contributed by atoms with Crippen molar-refractivity contribution in [1.82, 2.24) is 4.90 Å². The summed E-state index contributed by atoms with van der Waals surface area (Å²) in [5, 5.41) is 0. The minimum absolute atomic E-state index is 0.237. The smallest absolute Gasteiger partial charge is 0.261 e. The van der Waals surface area contributed by atoms with E-state index in [0.717, 1.165) is 0 Å². The normalized spacial score (nSPS) is 14.7. The zero-order chi connectivity index (χ0) is 14.2. The van der Waals surface area contributed by atoms with Gasteiger partial charge in [-0.25, -0.2) is 0 Å². The van der Waals surface area contributed by atoms with Crippen LogP contribution < -0.4 is 5.73 Å². The molecule has 0 spiro atoms. The van der Waals surface area contributed by atoms with Crippen LogP contribution in [-0.2, 0) is 0 Å². The number of rotatable bonds is 4. The van der Waals surface area contributed by atoms with Gasteiger partial charge in [0.25, 0.3) is 11.8 Å². The van der Waals surface area contributed by atoms with E-state index in [1.807, 2.05) is 13.8 Å². The Morgan fingerprint density at radius 1 is 1.21 bits per heavy atom. The number of imide groups is 1. The van der Waals surface area contributed by atoms with Crippen LogP contribution in [0.3, 0.4) is 0 Å². The quantitative estimate of drug-likeness (QED) is 0.674. The van der Waals surface area contributed by atoms with E-state index >= 15 is 0 Å². The topological polar surface area (TPSA) is 63.4 Å². The van der Waals surface area contributed by atoms with Gasteiger partial charge in [-0.1, -0.05) is 38.2 Å². The van der Waals surface area contributed by atoms with Gasteiger partial charge in [0.05, 0.1) is 16.1 Å². The molecule has 0 bridgehead atoms. The molecule has 19 heavy (non-hydrogen) atoms. The van der Waals surface area contributed by atoms with Gasteiger partial charge in [0.1, 0.15) is 0 Å². The van der Waals surface area contributed by atoms with E-state index in [0.29, 0.717) is 29.1 Å². The maximum absolute atomic E-state index is 12.1. The van der Waals surface area contributed by atoms with E-state index in [9.17, 15) is 9.59 Å². The van der Waals surface area contributed by atoms with Crippen molar-refractivity contribution in [3.63, 3.8) is 0 Å². The van der Waals surface area contributed by atoms with Gasteiger partial charge in [0, 0.05) is 12.0 Å². The number of nitrogens with zero attached hydrogens (tertiary/aromatic N) is 1. The van der Waals surface area contributed by atoms with Gasteiger partial charge in [-0.3, -0.25) is 14.5 Å². The average molecular weight is 276 g/mol. The molecule has 1 aliphatic heterocycles. The van der Waals surface area contributed by atoms with Gasteiger partial charge < -0.3 is 5.73 Å². The molecular formula is C14H16N2O2S. The van der Waals surface area contributed by atoms with Crippen molar-refractivity contribution in [3.8, 4) is 0 Å². The molecule has 0 atom stereocenters. The Morgan fingerprint density at radius 3 is 2.11 bits per heavy atom.